The van der Waals surface area contributed by atoms with Gasteiger partial charge >= 0.3 is 0 Å². The third-order valence-corrected chi connectivity index (χ3v) is 5.23. The molecule has 3 heteroatoms. The Morgan fingerprint density at radius 2 is 1.70 bits per heavy atom. The van der Waals surface area contributed by atoms with Gasteiger partial charge in [0.2, 0.25) is 0 Å². The zero-order valence-electron chi connectivity index (χ0n) is 12.5. The molecule has 20 heavy (non-hydrogen) atoms. The fraction of sp³-hybridized carbons (Fsp3) is 0.647. The van der Waals surface area contributed by atoms with Gasteiger partial charge in [-0.05, 0) is 50.3 Å². The van der Waals surface area contributed by atoms with Gasteiger partial charge < -0.3 is 9.47 Å². The van der Waals surface area contributed by atoms with Crippen molar-refractivity contribution in [1.82, 2.24) is 0 Å². The first kappa shape index (κ1) is 15.7. The third-order valence-electron chi connectivity index (χ3n) is 3.95. The number of ether oxygens (including phenoxy) is 2. The van der Waals surface area contributed by atoms with Crippen LogP contribution in [0.25, 0.3) is 0 Å². The molecule has 0 N–H and O–H groups in total. The van der Waals surface area contributed by atoms with E-state index in [-0.39, 0.29) is 0 Å². The van der Waals surface area contributed by atoms with Crippen LogP contribution in [0.1, 0.15) is 56.3 Å². The predicted octanol–water partition coefficient (Wildman–Crippen LogP) is 5.50. The minimum Gasteiger partial charge on any atom is -0.490 e. The van der Waals surface area contributed by atoms with Crippen molar-refractivity contribution < 1.29 is 9.47 Å². The Morgan fingerprint density at radius 3 is 2.35 bits per heavy atom. The van der Waals surface area contributed by atoms with Gasteiger partial charge in [-0.15, -0.1) is 0 Å². The molecule has 1 fully saturated rings. The molecule has 1 aliphatic carbocycles. The summed E-state index contributed by atoms with van der Waals surface area (Å²) < 4.78 is 11.4. The molecule has 0 spiro atoms. The average molecular weight is 341 g/mol. The van der Waals surface area contributed by atoms with E-state index >= 15 is 0 Å². The van der Waals surface area contributed by atoms with Crippen molar-refractivity contribution in [2.24, 2.45) is 5.92 Å². The number of hydrogen-bond donors (Lipinski definition) is 0. The van der Waals surface area contributed by atoms with Crippen molar-refractivity contribution in [3.8, 4) is 11.5 Å². The van der Waals surface area contributed by atoms with Crippen LogP contribution in [0.2, 0.25) is 0 Å². The largest absolute Gasteiger partial charge is 0.490 e. The van der Waals surface area contributed by atoms with Crippen LogP contribution in [0.15, 0.2) is 18.2 Å². The molecular weight excluding hydrogens is 316 g/mol. The summed E-state index contributed by atoms with van der Waals surface area (Å²) in [5.41, 5.74) is 1.31. The third kappa shape index (κ3) is 3.91. The zero-order valence-corrected chi connectivity index (χ0v) is 14.1. The number of rotatable bonds is 6. The molecule has 1 atom stereocenters. The predicted molar refractivity (Wildman–Crippen MR) is 87.0 cm³/mol. The topological polar surface area (TPSA) is 18.5 Å². The van der Waals surface area contributed by atoms with Crippen molar-refractivity contribution >= 4 is 15.9 Å². The molecule has 0 bridgehead atoms. The van der Waals surface area contributed by atoms with Gasteiger partial charge in [-0.3, -0.25) is 0 Å². The van der Waals surface area contributed by atoms with Gasteiger partial charge in [0.1, 0.15) is 0 Å². The van der Waals surface area contributed by atoms with Gasteiger partial charge in [-0.2, -0.15) is 0 Å². The van der Waals surface area contributed by atoms with E-state index in [4.69, 9.17) is 9.47 Å². The van der Waals surface area contributed by atoms with E-state index in [9.17, 15) is 0 Å². The van der Waals surface area contributed by atoms with Crippen LogP contribution in [0.3, 0.4) is 0 Å². The minimum atomic E-state index is 0.428. The highest BCUT2D eigenvalue weighted by Crippen LogP contribution is 2.42. The number of hydrogen-bond acceptors (Lipinski definition) is 2. The monoisotopic (exact) mass is 340 g/mol. The highest BCUT2D eigenvalue weighted by atomic mass is 79.9. The van der Waals surface area contributed by atoms with E-state index in [0.717, 1.165) is 17.4 Å². The zero-order chi connectivity index (χ0) is 14.4. The van der Waals surface area contributed by atoms with Crippen molar-refractivity contribution in [3.63, 3.8) is 0 Å². The molecule has 0 aromatic heterocycles. The SMILES string of the molecule is CCOc1ccc(C(Br)C2CCCCC2)cc1OCC. The van der Waals surface area contributed by atoms with Crippen molar-refractivity contribution in [2.45, 2.75) is 50.8 Å². The van der Waals surface area contributed by atoms with Gasteiger partial charge in [-0.25, -0.2) is 0 Å². The van der Waals surface area contributed by atoms with E-state index < -0.39 is 0 Å². The van der Waals surface area contributed by atoms with Crippen LogP contribution in [-0.2, 0) is 0 Å². The van der Waals surface area contributed by atoms with E-state index in [1.54, 1.807) is 0 Å². The van der Waals surface area contributed by atoms with Gasteiger partial charge in [0.25, 0.3) is 0 Å². The second-order valence-electron chi connectivity index (χ2n) is 5.37. The lowest BCUT2D eigenvalue weighted by Gasteiger charge is -2.27. The summed E-state index contributed by atoms with van der Waals surface area (Å²) in [4.78, 5) is 0.428. The Labute approximate surface area is 131 Å². The molecular formula is C17H25BrO2. The van der Waals surface area contributed by atoms with Crippen LogP contribution in [0.5, 0.6) is 11.5 Å². The summed E-state index contributed by atoms with van der Waals surface area (Å²) in [5, 5.41) is 0. The summed E-state index contributed by atoms with van der Waals surface area (Å²) in [6.07, 6.45) is 6.77. The van der Waals surface area contributed by atoms with Gasteiger partial charge in [0.05, 0.1) is 13.2 Å². The molecule has 1 aromatic rings. The van der Waals surface area contributed by atoms with Crippen LogP contribution in [0, 0.1) is 5.92 Å². The van der Waals surface area contributed by atoms with Crippen LogP contribution in [-0.4, -0.2) is 13.2 Å². The van der Waals surface area contributed by atoms with Crippen LogP contribution >= 0.6 is 15.9 Å². The number of benzene rings is 1. The summed E-state index contributed by atoms with van der Waals surface area (Å²) in [7, 11) is 0. The first-order valence-electron chi connectivity index (χ1n) is 7.79. The van der Waals surface area contributed by atoms with Crippen molar-refractivity contribution in [3.05, 3.63) is 23.8 Å². The van der Waals surface area contributed by atoms with E-state index in [1.807, 2.05) is 19.9 Å². The van der Waals surface area contributed by atoms with Gasteiger partial charge in [0.15, 0.2) is 11.5 Å². The minimum absolute atomic E-state index is 0.428. The maximum atomic E-state index is 5.72. The molecule has 0 amide bonds. The Kier molecular flexibility index (Phi) is 6.21. The molecule has 0 aliphatic heterocycles. The molecule has 2 rings (SSSR count). The molecule has 1 unspecified atom stereocenters. The lowest BCUT2D eigenvalue weighted by molar-refractivity contribution is 0.287. The maximum Gasteiger partial charge on any atom is 0.161 e. The average Bonchev–Trinajstić information content (AvgIpc) is 2.50. The Balaban J connectivity index is 2.16. The van der Waals surface area contributed by atoms with Gasteiger partial charge in [0, 0.05) is 4.83 Å². The van der Waals surface area contributed by atoms with Crippen LogP contribution in [0.4, 0.5) is 0 Å². The highest BCUT2D eigenvalue weighted by Gasteiger charge is 2.23. The number of alkyl halides is 1. The highest BCUT2D eigenvalue weighted by molar-refractivity contribution is 9.09. The van der Waals surface area contributed by atoms with Crippen molar-refractivity contribution in [2.75, 3.05) is 13.2 Å². The molecule has 0 saturated heterocycles. The Morgan fingerprint density at radius 1 is 1.05 bits per heavy atom. The number of halogens is 1. The lowest BCUT2D eigenvalue weighted by atomic mass is 9.85. The quantitative estimate of drug-likeness (QED) is 0.636. The van der Waals surface area contributed by atoms with Gasteiger partial charge in [-0.1, -0.05) is 41.3 Å². The summed E-state index contributed by atoms with van der Waals surface area (Å²) in [5.74, 6) is 2.46. The normalized spacial score (nSPS) is 17.8. The van der Waals surface area contributed by atoms with Crippen LogP contribution < -0.4 is 9.47 Å². The first-order chi connectivity index (χ1) is 9.76. The molecule has 1 saturated carbocycles. The smallest absolute Gasteiger partial charge is 0.161 e. The first-order valence-corrected chi connectivity index (χ1v) is 8.71. The van der Waals surface area contributed by atoms with E-state index in [0.29, 0.717) is 18.0 Å². The Bertz CT molecular complexity index is 413. The molecule has 2 nitrogen and oxygen atoms in total. The summed E-state index contributed by atoms with van der Waals surface area (Å²) in [6, 6.07) is 6.35. The molecule has 0 heterocycles. The van der Waals surface area contributed by atoms with Crippen molar-refractivity contribution in [1.29, 1.82) is 0 Å². The summed E-state index contributed by atoms with van der Waals surface area (Å²) >= 11 is 3.90. The fourth-order valence-corrected chi connectivity index (χ4v) is 3.75. The van der Waals surface area contributed by atoms with E-state index in [2.05, 4.69) is 28.1 Å². The standard InChI is InChI=1S/C17H25BrO2/c1-3-19-15-11-10-14(12-16(15)20-4-2)17(18)13-8-6-5-7-9-13/h10-13,17H,3-9H2,1-2H3. The fourth-order valence-electron chi connectivity index (χ4n) is 2.94. The molecule has 112 valence electrons. The second-order valence-corrected chi connectivity index (χ2v) is 6.36. The second kappa shape index (κ2) is 7.92. The lowest BCUT2D eigenvalue weighted by Crippen LogP contribution is -2.12. The maximum absolute atomic E-state index is 5.72. The summed E-state index contributed by atoms with van der Waals surface area (Å²) in [6.45, 7) is 5.34. The van der Waals surface area contributed by atoms with E-state index in [1.165, 1.54) is 37.7 Å². The Hall–Kier alpha value is -0.700. The molecule has 0 radical (unpaired) electrons. The molecule has 1 aliphatic rings. The molecule has 1 aromatic carbocycles.